The summed E-state index contributed by atoms with van der Waals surface area (Å²) in [4.78, 5) is 4.86. The van der Waals surface area contributed by atoms with Crippen LogP contribution in [-0.2, 0) is 0 Å². The van der Waals surface area contributed by atoms with E-state index in [-0.39, 0.29) is 13.4 Å². The zero-order valence-corrected chi connectivity index (χ0v) is 39.3. The van der Waals surface area contributed by atoms with E-state index < -0.39 is 0 Å². The highest BCUT2D eigenvalue weighted by Gasteiger charge is 2.37. The number of para-hydroxylation sites is 8. The van der Waals surface area contributed by atoms with Crippen LogP contribution in [0.4, 0.5) is 34.1 Å². The molecular weight excluding hydrogens is 870 g/mol. The van der Waals surface area contributed by atoms with Gasteiger partial charge >= 0.3 is 0 Å². The van der Waals surface area contributed by atoms with Gasteiger partial charge in [0.25, 0.3) is 0 Å². The highest BCUT2D eigenvalue weighted by Crippen LogP contribution is 2.43. The van der Waals surface area contributed by atoms with Crippen molar-refractivity contribution in [1.82, 2.24) is 9.13 Å². The lowest BCUT2D eigenvalue weighted by molar-refractivity contribution is 1.17. The van der Waals surface area contributed by atoms with Crippen LogP contribution in [0.25, 0.3) is 55.0 Å². The van der Waals surface area contributed by atoms with Crippen LogP contribution in [0.2, 0.25) is 0 Å². The number of nitrogens with zero attached hydrogens (tertiary/aromatic N) is 4. The van der Waals surface area contributed by atoms with Gasteiger partial charge in [0, 0.05) is 67.0 Å². The van der Waals surface area contributed by atoms with E-state index in [0.717, 1.165) is 22.7 Å². The Labute approximate surface area is 419 Å². The number of benzene rings is 11. The van der Waals surface area contributed by atoms with Crippen LogP contribution in [0.5, 0.6) is 0 Å². The van der Waals surface area contributed by atoms with Gasteiger partial charge in [-0.05, 0) is 119 Å². The maximum Gasteiger partial charge on any atom is 0.246 e. The zero-order valence-electron chi connectivity index (χ0n) is 39.3. The molecule has 6 heteroatoms. The monoisotopic (exact) mass is 914 g/mol. The van der Waals surface area contributed by atoms with Crippen LogP contribution in [0.15, 0.2) is 267 Å². The van der Waals surface area contributed by atoms with E-state index in [9.17, 15) is 0 Å². The number of rotatable bonds is 6. The maximum absolute atomic E-state index is 2.53. The second-order valence-electron chi connectivity index (χ2n) is 19.2. The Morgan fingerprint density at radius 3 is 1.14 bits per heavy atom. The molecule has 0 bridgehead atoms. The molecule has 2 aromatic heterocycles. The molecule has 11 aromatic carbocycles. The summed E-state index contributed by atoms with van der Waals surface area (Å²) in [5, 5.41) is 5.00. The van der Waals surface area contributed by atoms with Crippen molar-refractivity contribution in [3.63, 3.8) is 0 Å². The van der Waals surface area contributed by atoms with E-state index >= 15 is 0 Å². The first-order chi connectivity index (χ1) is 35.8. The molecule has 15 rings (SSSR count). The molecule has 0 saturated carbocycles. The Morgan fingerprint density at radius 1 is 0.236 bits per heavy atom. The van der Waals surface area contributed by atoms with Crippen molar-refractivity contribution >= 4 is 124 Å². The maximum atomic E-state index is 2.53. The van der Waals surface area contributed by atoms with Gasteiger partial charge < -0.3 is 18.9 Å². The lowest BCUT2D eigenvalue weighted by atomic mass is 9.35. The molecule has 0 unspecified atom stereocenters. The summed E-state index contributed by atoms with van der Waals surface area (Å²) in [6.45, 7) is 0.0321. The summed E-state index contributed by atoms with van der Waals surface area (Å²) in [6.07, 6.45) is 0. The van der Waals surface area contributed by atoms with Crippen LogP contribution in [-0.4, -0.2) is 22.6 Å². The first-order valence-corrected chi connectivity index (χ1v) is 25.0. The molecule has 0 N–H and O–H groups in total. The van der Waals surface area contributed by atoms with Gasteiger partial charge in [0.1, 0.15) is 0 Å². The van der Waals surface area contributed by atoms with E-state index in [1.54, 1.807) is 0 Å². The third-order valence-electron chi connectivity index (χ3n) is 15.4. The standard InChI is InChI=1S/C66H44B2N4/c1-4-22-47(23-5-1)69-57-34-15-10-29-51(57)65-63(69)41-42-64-66(65)52-44-46(68-55-32-13-18-37-61(55)71(49-26-8-3-9-27-49)62-38-19-14-33-56(62)68)39-40-58(52)72(64)50-28-20-21-45(43-50)67-53-30-11-16-35-59(53)70(48-24-6-2-7-25-48)60-36-17-12-31-54(60)67/h1-44H. The van der Waals surface area contributed by atoms with Crippen molar-refractivity contribution in [3.05, 3.63) is 267 Å². The zero-order chi connectivity index (χ0) is 47.3. The second kappa shape index (κ2) is 16.2. The Kier molecular flexibility index (Phi) is 9.12. The molecule has 0 saturated heterocycles. The second-order valence-corrected chi connectivity index (χ2v) is 19.2. The van der Waals surface area contributed by atoms with Crippen molar-refractivity contribution < 1.29 is 0 Å². The van der Waals surface area contributed by atoms with Crippen LogP contribution >= 0.6 is 0 Å². The molecule has 0 amide bonds. The number of anilines is 6. The summed E-state index contributed by atoms with van der Waals surface area (Å²) in [5.74, 6) is 0. The summed E-state index contributed by atoms with van der Waals surface area (Å²) < 4.78 is 4.98. The Balaban J connectivity index is 0.986. The molecule has 0 radical (unpaired) electrons. The van der Waals surface area contributed by atoms with Gasteiger partial charge in [0.05, 0.1) is 22.1 Å². The minimum atomic E-state index is 0.00949. The molecular formula is C66H44B2N4. The third kappa shape index (κ3) is 6.02. The van der Waals surface area contributed by atoms with Gasteiger partial charge in [-0.25, -0.2) is 0 Å². The Hall–Kier alpha value is -9.25. The van der Waals surface area contributed by atoms with Crippen LogP contribution in [0, 0.1) is 0 Å². The normalized spacial score (nSPS) is 12.9. The fourth-order valence-corrected chi connectivity index (χ4v) is 12.5. The molecule has 0 spiro atoms. The lowest BCUT2D eigenvalue weighted by Crippen LogP contribution is -2.57. The average molecular weight is 915 g/mol. The van der Waals surface area contributed by atoms with Crippen molar-refractivity contribution in [2.75, 3.05) is 9.80 Å². The van der Waals surface area contributed by atoms with Gasteiger partial charge in [-0.3, -0.25) is 0 Å². The van der Waals surface area contributed by atoms with E-state index in [1.165, 1.54) is 99.1 Å². The fraction of sp³-hybridized carbons (Fsp3) is 0. The van der Waals surface area contributed by atoms with Crippen molar-refractivity contribution in [3.8, 4) is 11.4 Å². The highest BCUT2D eigenvalue weighted by molar-refractivity contribution is 6.98. The van der Waals surface area contributed by atoms with Gasteiger partial charge in [-0.15, -0.1) is 0 Å². The van der Waals surface area contributed by atoms with E-state index in [0.29, 0.717) is 0 Å². The van der Waals surface area contributed by atoms with Gasteiger partial charge in [-0.2, -0.15) is 0 Å². The van der Waals surface area contributed by atoms with Crippen LogP contribution in [0.1, 0.15) is 0 Å². The predicted octanol–water partition coefficient (Wildman–Crippen LogP) is 12.5. The summed E-state index contributed by atoms with van der Waals surface area (Å²) in [6, 6.07) is 98.6. The van der Waals surface area contributed by atoms with Gasteiger partial charge in [0.2, 0.25) is 13.4 Å². The molecule has 2 aliphatic heterocycles. The largest absolute Gasteiger partial charge is 0.312 e. The van der Waals surface area contributed by atoms with Crippen LogP contribution in [0.3, 0.4) is 0 Å². The molecule has 72 heavy (non-hydrogen) atoms. The first-order valence-electron chi connectivity index (χ1n) is 25.0. The molecule has 2 aliphatic rings. The highest BCUT2D eigenvalue weighted by atomic mass is 15.2. The first kappa shape index (κ1) is 40.6. The van der Waals surface area contributed by atoms with Crippen molar-refractivity contribution in [2.45, 2.75) is 0 Å². The van der Waals surface area contributed by atoms with E-state index in [4.69, 9.17) is 0 Å². The minimum absolute atomic E-state index is 0.00949. The fourth-order valence-electron chi connectivity index (χ4n) is 12.5. The number of fused-ring (bicyclic) bond motifs is 11. The molecule has 0 atom stereocenters. The molecule has 13 aromatic rings. The number of hydrogen-bond acceptors (Lipinski definition) is 2. The van der Waals surface area contributed by atoms with Gasteiger partial charge in [0.15, 0.2) is 0 Å². The molecule has 334 valence electrons. The smallest absolute Gasteiger partial charge is 0.246 e. The number of aromatic nitrogens is 2. The average Bonchev–Trinajstić information content (AvgIpc) is 3.97. The van der Waals surface area contributed by atoms with E-state index in [2.05, 4.69) is 286 Å². The summed E-state index contributed by atoms with van der Waals surface area (Å²) in [5.41, 5.74) is 21.9. The molecule has 4 nitrogen and oxygen atoms in total. The van der Waals surface area contributed by atoms with Gasteiger partial charge in [-0.1, -0.05) is 181 Å². The summed E-state index contributed by atoms with van der Waals surface area (Å²) >= 11 is 0. The Morgan fingerprint density at radius 2 is 0.611 bits per heavy atom. The topological polar surface area (TPSA) is 16.3 Å². The molecule has 0 aliphatic carbocycles. The quantitative estimate of drug-likeness (QED) is 0.155. The SMILES string of the molecule is c1ccc(N2c3ccccc3B(c3cccc(-n4c5ccc(B6c7ccccc7N(c7ccccc7)c7ccccc76)cc5c5c6c7ccccc7n(-c7ccccc7)c6ccc54)c3)c3ccccc32)cc1. The van der Waals surface area contributed by atoms with Crippen molar-refractivity contribution in [1.29, 1.82) is 0 Å². The third-order valence-corrected chi connectivity index (χ3v) is 15.4. The number of hydrogen-bond donors (Lipinski definition) is 0. The molecule has 4 heterocycles. The van der Waals surface area contributed by atoms with Crippen LogP contribution < -0.4 is 42.6 Å². The lowest BCUT2D eigenvalue weighted by Gasteiger charge is -2.37. The minimum Gasteiger partial charge on any atom is -0.312 e. The van der Waals surface area contributed by atoms with Crippen molar-refractivity contribution in [2.24, 2.45) is 0 Å². The van der Waals surface area contributed by atoms with E-state index in [1.807, 2.05) is 0 Å². The molecule has 0 fully saturated rings. The summed E-state index contributed by atoms with van der Waals surface area (Å²) in [7, 11) is 0. The predicted molar refractivity (Wildman–Crippen MR) is 307 cm³/mol. The Bertz CT molecular complexity index is 4160.